The van der Waals surface area contributed by atoms with Crippen LogP contribution in [0.1, 0.15) is 6.92 Å². The summed E-state index contributed by atoms with van der Waals surface area (Å²) in [7, 11) is 0. The molecule has 4 nitrogen and oxygen atoms in total. The van der Waals surface area contributed by atoms with Gasteiger partial charge in [0.1, 0.15) is 0 Å². The van der Waals surface area contributed by atoms with Crippen molar-refractivity contribution in [3.05, 3.63) is 54.6 Å². The van der Waals surface area contributed by atoms with E-state index in [1.807, 2.05) is 54.6 Å². The number of anilines is 1. The van der Waals surface area contributed by atoms with Crippen LogP contribution < -0.4 is 5.43 Å². The summed E-state index contributed by atoms with van der Waals surface area (Å²) in [4.78, 5) is 16.3. The number of hydrazone groups is 1. The first-order chi connectivity index (χ1) is 10.7. The van der Waals surface area contributed by atoms with Gasteiger partial charge in [-0.15, -0.1) is 11.3 Å². The maximum atomic E-state index is 11.8. The summed E-state index contributed by atoms with van der Waals surface area (Å²) in [5.41, 5.74) is 4.68. The standard InChI is InChI=1S/C16H13N3OS2/c1-11(20)15(19-18-12-7-3-2-4-8-12)22-16-17-13-9-5-6-10-14(13)21-16/h2-10,18H,1H3. The number of Topliss-reactive ketones (excluding diaryl/α,β-unsaturated/α-hetero) is 1. The fourth-order valence-corrected chi connectivity index (χ4v) is 3.69. The van der Waals surface area contributed by atoms with Crippen molar-refractivity contribution in [1.29, 1.82) is 0 Å². The van der Waals surface area contributed by atoms with Crippen molar-refractivity contribution in [3.63, 3.8) is 0 Å². The molecule has 0 unspecified atom stereocenters. The van der Waals surface area contributed by atoms with Gasteiger partial charge < -0.3 is 0 Å². The van der Waals surface area contributed by atoms with Crippen molar-refractivity contribution in [1.82, 2.24) is 4.98 Å². The van der Waals surface area contributed by atoms with Gasteiger partial charge in [0.05, 0.1) is 15.9 Å². The molecule has 6 heteroatoms. The highest BCUT2D eigenvalue weighted by atomic mass is 32.2. The first-order valence-electron chi connectivity index (χ1n) is 6.65. The third kappa shape index (κ3) is 3.52. The maximum Gasteiger partial charge on any atom is 0.186 e. The van der Waals surface area contributed by atoms with Crippen LogP contribution in [-0.4, -0.2) is 15.8 Å². The lowest BCUT2D eigenvalue weighted by Gasteiger charge is -2.02. The number of aromatic nitrogens is 1. The van der Waals surface area contributed by atoms with E-state index in [1.54, 1.807) is 11.3 Å². The number of thiazole rings is 1. The van der Waals surface area contributed by atoms with Crippen LogP contribution in [0.2, 0.25) is 0 Å². The SMILES string of the molecule is CC(=O)C(=NNc1ccccc1)Sc1nc2ccccc2s1. The smallest absolute Gasteiger partial charge is 0.186 e. The Bertz CT molecular complexity index is 795. The third-order valence-corrected chi connectivity index (χ3v) is 4.99. The van der Waals surface area contributed by atoms with Gasteiger partial charge in [-0.05, 0) is 36.0 Å². The highest BCUT2D eigenvalue weighted by molar-refractivity contribution is 8.17. The van der Waals surface area contributed by atoms with E-state index >= 15 is 0 Å². The molecule has 1 N–H and O–H groups in total. The summed E-state index contributed by atoms with van der Waals surface area (Å²) >= 11 is 2.84. The summed E-state index contributed by atoms with van der Waals surface area (Å²) in [6.45, 7) is 1.51. The summed E-state index contributed by atoms with van der Waals surface area (Å²) in [5, 5.41) is 4.60. The van der Waals surface area contributed by atoms with Crippen LogP contribution in [0.15, 0.2) is 64.0 Å². The molecule has 22 heavy (non-hydrogen) atoms. The Kier molecular flexibility index (Phi) is 4.50. The van der Waals surface area contributed by atoms with Gasteiger partial charge in [-0.2, -0.15) is 5.10 Å². The topological polar surface area (TPSA) is 54.4 Å². The molecular weight excluding hydrogens is 314 g/mol. The third-order valence-electron chi connectivity index (χ3n) is 2.82. The quantitative estimate of drug-likeness (QED) is 0.334. The molecule has 0 spiro atoms. The average molecular weight is 327 g/mol. The first kappa shape index (κ1) is 14.7. The van der Waals surface area contributed by atoms with Gasteiger partial charge in [0.2, 0.25) is 0 Å². The summed E-state index contributed by atoms with van der Waals surface area (Å²) in [5.74, 6) is -0.0901. The number of hydrogen-bond donors (Lipinski definition) is 1. The van der Waals surface area contributed by atoms with E-state index in [9.17, 15) is 4.79 Å². The van der Waals surface area contributed by atoms with Gasteiger partial charge in [-0.3, -0.25) is 10.2 Å². The Morgan fingerprint density at radius 2 is 1.86 bits per heavy atom. The van der Waals surface area contributed by atoms with E-state index in [2.05, 4.69) is 15.5 Å². The van der Waals surface area contributed by atoms with E-state index in [0.717, 1.165) is 20.2 Å². The van der Waals surface area contributed by atoms with Crippen LogP contribution in [0.25, 0.3) is 10.2 Å². The minimum atomic E-state index is -0.0901. The Hall–Kier alpha value is -2.18. The van der Waals surface area contributed by atoms with Crippen LogP contribution in [0.3, 0.4) is 0 Å². The Labute approximate surface area is 136 Å². The van der Waals surface area contributed by atoms with Gasteiger partial charge in [0.15, 0.2) is 15.2 Å². The zero-order valence-electron chi connectivity index (χ0n) is 11.8. The van der Waals surface area contributed by atoms with Gasteiger partial charge in [0.25, 0.3) is 0 Å². The number of carbonyl (C=O) groups is 1. The number of para-hydroxylation sites is 2. The Morgan fingerprint density at radius 1 is 1.14 bits per heavy atom. The molecular formula is C16H13N3OS2. The van der Waals surface area contributed by atoms with Crippen LogP contribution >= 0.6 is 23.1 Å². The molecule has 2 aromatic carbocycles. The number of fused-ring (bicyclic) bond motifs is 1. The molecule has 0 aliphatic rings. The molecule has 1 aromatic heterocycles. The van der Waals surface area contributed by atoms with Crippen LogP contribution in [0.5, 0.6) is 0 Å². The highest BCUT2D eigenvalue weighted by Gasteiger charge is 2.12. The number of ketones is 1. The van der Waals surface area contributed by atoms with Crippen molar-refractivity contribution in [2.45, 2.75) is 11.3 Å². The molecule has 0 bridgehead atoms. The zero-order valence-corrected chi connectivity index (χ0v) is 13.4. The number of benzene rings is 2. The average Bonchev–Trinajstić information content (AvgIpc) is 2.94. The second-order valence-electron chi connectivity index (χ2n) is 4.50. The monoisotopic (exact) mass is 327 g/mol. The molecule has 0 radical (unpaired) electrons. The molecule has 0 aliphatic heterocycles. The molecule has 0 amide bonds. The molecule has 0 aliphatic carbocycles. The number of hydrogen-bond acceptors (Lipinski definition) is 6. The van der Waals surface area contributed by atoms with Crippen molar-refractivity contribution in [2.24, 2.45) is 5.10 Å². The highest BCUT2D eigenvalue weighted by Crippen LogP contribution is 2.30. The number of rotatable bonds is 4. The fourth-order valence-electron chi connectivity index (χ4n) is 1.78. The number of nitrogens with one attached hydrogen (secondary N) is 1. The molecule has 0 fully saturated rings. The van der Waals surface area contributed by atoms with Crippen LogP contribution in [-0.2, 0) is 4.79 Å². The molecule has 0 saturated heterocycles. The summed E-state index contributed by atoms with van der Waals surface area (Å²) < 4.78 is 1.91. The van der Waals surface area contributed by atoms with Crippen LogP contribution in [0.4, 0.5) is 5.69 Å². The zero-order chi connectivity index (χ0) is 15.4. The van der Waals surface area contributed by atoms with Crippen molar-refractivity contribution >= 4 is 49.8 Å². The van der Waals surface area contributed by atoms with E-state index in [0.29, 0.717) is 5.04 Å². The fraction of sp³-hybridized carbons (Fsp3) is 0.0625. The van der Waals surface area contributed by atoms with Gasteiger partial charge in [-0.25, -0.2) is 4.98 Å². The van der Waals surface area contributed by atoms with Crippen molar-refractivity contribution < 1.29 is 4.79 Å². The van der Waals surface area contributed by atoms with Crippen molar-refractivity contribution in [2.75, 3.05) is 5.43 Å². The molecule has 3 rings (SSSR count). The number of carbonyl (C=O) groups excluding carboxylic acids is 1. The summed E-state index contributed by atoms with van der Waals surface area (Å²) in [6.07, 6.45) is 0. The summed E-state index contributed by atoms with van der Waals surface area (Å²) in [6, 6.07) is 17.4. The van der Waals surface area contributed by atoms with Gasteiger partial charge in [-0.1, -0.05) is 30.3 Å². The molecule has 1 heterocycles. The molecule has 110 valence electrons. The van der Waals surface area contributed by atoms with E-state index in [1.165, 1.54) is 18.7 Å². The van der Waals surface area contributed by atoms with Crippen LogP contribution in [0, 0.1) is 0 Å². The normalized spacial score (nSPS) is 11.6. The number of thioether (sulfide) groups is 1. The lowest BCUT2D eigenvalue weighted by atomic mass is 10.3. The lowest BCUT2D eigenvalue weighted by Crippen LogP contribution is -2.07. The minimum Gasteiger partial charge on any atom is -0.292 e. The largest absolute Gasteiger partial charge is 0.292 e. The predicted molar refractivity (Wildman–Crippen MR) is 93.7 cm³/mol. The van der Waals surface area contributed by atoms with E-state index < -0.39 is 0 Å². The minimum absolute atomic E-state index is 0.0901. The second kappa shape index (κ2) is 6.72. The van der Waals surface area contributed by atoms with Gasteiger partial charge >= 0.3 is 0 Å². The van der Waals surface area contributed by atoms with E-state index in [4.69, 9.17) is 0 Å². The van der Waals surface area contributed by atoms with E-state index in [-0.39, 0.29) is 5.78 Å². The Morgan fingerprint density at radius 3 is 2.59 bits per heavy atom. The molecule has 3 aromatic rings. The number of nitrogens with zero attached hydrogens (tertiary/aromatic N) is 2. The Balaban J connectivity index is 1.80. The molecule has 0 atom stereocenters. The van der Waals surface area contributed by atoms with Crippen molar-refractivity contribution in [3.8, 4) is 0 Å². The predicted octanol–water partition coefficient (Wildman–Crippen LogP) is 4.40. The second-order valence-corrected chi connectivity index (χ2v) is 6.77. The first-order valence-corrected chi connectivity index (χ1v) is 8.29. The lowest BCUT2D eigenvalue weighted by molar-refractivity contribution is -0.110. The van der Waals surface area contributed by atoms with Gasteiger partial charge in [0, 0.05) is 6.92 Å². The maximum absolute atomic E-state index is 11.8. The molecule has 0 saturated carbocycles.